The Morgan fingerprint density at radius 2 is 1.59 bits per heavy atom. The maximum Gasteiger partial charge on any atom is 0.326 e. The Kier molecular flexibility index (Phi) is 12.1. The van der Waals surface area contributed by atoms with E-state index >= 15 is 0 Å². The number of hydrogen-bond donors (Lipinski definition) is 6. The molecule has 1 aromatic carbocycles. The first-order valence-electron chi connectivity index (χ1n) is 12.0. The number of nitrogens with one attached hydrogen (secondary N) is 4. The summed E-state index contributed by atoms with van der Waals surface area (Å²) in [6.45, 7) is 3.62. The van der Waals surface area contributed by atoms with E-state index in [1.54, 1.807) is 24.3 Å². The van der Waals surface area contributed by atoms with Crippen LogP contribution in [0.4, 0.5) is 0 Å². The zero-order valence-corrected chi connectivity index (χ0v) is 22.1. The first-order valence-corrected chi connectivity index (χ1v) is 13.4. The van der Waals surface area contributed by atoms with Crippen LogP contribution < -0.4 is 21.7 Å². The molecular formula is C25H36N6O5S. The number of nitrogens with two attached hydrogens (primary N) is 1. The lowest BCUT2D eigenvalue weighted by atomic mass is 10.0. The normalized spacial score (nSPS) is 14.3. The van der Waals surface area contributed by atoms with Crippen LogP contribution in [0.2, 0.25) is 0 Å². The molecule has 2 rings (SSSR count). The predicted molar refractivity (Wildman–Crippen MR) is 142 cm³/mol. The van der Waals surface area contributed by atoms with Gasteiger partial charge in [0.05, 0.1) is 12.4 Å². The van der Waals surface area contributed by atoms with Gasteiger partial charge in [-0.2, -0.15) is 11.8 Å². The first kappa shape index (κ1) is 29.8. The summed E-state index contributed by atoms with van der Waals surface area (Å²) in [5.74, 6) is -2.40. The molecule has 0 saturated heterocycles. The highest BCUT2D eigenvalue weighted by atomic mass is 32.2. The number of carboxylic acids is 1. The number of H-pyrrole nitrogens is 1. The molecule has 2 aromatic rings. The minimum Gasteiger partial charge on any atom is -0.480 e. The summed E-state index contributed by atoms with van der Waals surface area (Å²) >= 11 is 1.52. The van der Waals surface area contributed by atoms with Crippen LogP contribution in [-0.4, -0.2) is 74.9 Å². The van der Waals surface area contributed by atoms with E-state index in [-0.39, 0.29) is 18.8 Å². The van der Waals surface area contributed by atoms with Crippen LogP contribution in [-0.2, 0) is 32.0 Å². The van der Waals surface area contributed by atoms with Crippen molar-refractivity contribution < 1.29 is 24.3 Å². The van der Waals surface area contributed by atoms with Gasteiger partial charge in [-0.15, -0.1) is 0 Å². The highest BCUT2D eigenvalue weighted by Gasteiger charge is 2.31. The smallest absolute Gasteiger partial charge is 0.326 e. The van der Waals surface area contributed by atoms with Crippen molar-refractivity contribution in [3.63, 3.8) is 0 Å². The molecule has 0 aliphatic rings. The average molecular weight is 533 g/mol. The highest BCUT2D eigenvalue weighted by Crippen LogP contribution is 2.08. The van der Waals surface area contributed by atoms with Gasteiger partial charge in [-0.1, -0.05) is 44.2 Å². The fourth-order valence-corrected chi connectivity index (χ4v) is 3.97. The van der Waals surface area contributed by atoms with E-state index in [1.165, 1.54) is 24.3 Å². The summed E-state index contributed by atoms with van der Waals surface area (Å²) in [6.07, 6.45) is 5.24. The lowest BCUT2D eigenvalue weighted by Crippen LogP contribution is -2.58. The van der Waals surface area contributed by atoms with Crippen LogP contribution in [0, 0.1) is 5.92 Å². The van der Waals surface area contributed by atoms with Crippen LogP contribution in [0.25, 0.3) is 0 Å². The van der Waals surface area contributed by atoms with Crippen LogP contribution >= 0.6 is 11.8 Å². The molecule has 37 heavy (non-hydrogen) atoms. The Hall–Kier alpha value is -3.38. The molecule has 11 nitrogen and oxygen atoms in total. The zero-order chi connectivity index (χ0) is 27.4. The monoisotopic (exact) mass is 532 g/mol. The van der Waals surface area contributed by atoms with Gasteiger partial charge in [-0.3, -0.25) is 14.4 Å². The van der Waals surface area contributed by atoms with E-state index in [4.69, 9.17) is 5.73 Å². The summed E-state index contributed by atoms with van der Waals surface area (Å²) in [6, 6.07) is 5.04. The van der Waals surface area contributed by atoms with Gasteiger partial charge in [-0.25, -0.2) is 9.78 Å². The van der Waals surface area contributed by atoms with Crippen LogP contribution in [0.5, 0.6) is 0 Å². The van der Waals surface area contributed by atoms with Crippen molar-refractivity contribution in [2.24, 2.45) is 11.7 Å². The third-order valence-electron chi connectivity index (χ3n) is 5.77. The van der Waals surface area contributed by atoms with Crippen molar-refractivity contribution in [1.29, 1.82) is 0 Å². The van der Waals surface area contributed by atoms with E-state index in [0.717, 1.165) is 5.56 Å². The Morgan fingerprint density at radius 3 is 2.16 bits per heavy atom. The summed E-state index contributed by atoms with van der Waals surface area (Å²) in [4.78, 5) is 57.6. The molecule has 0 bridgehead atoms. The number of carboxylic acid groups (broad SMARTS) is 1. The molecule has 7 N–H and O–H groups in total. The maximum atomic E-state index is 13.3. The fraction of sp³-hybridized carbons (Fsp3) is 0.480. The molecule has 0 saturated carbocycles. The van der Waals surface area contributed by atoms with Crippen molar-refractivity contribution in [3.8, 4) is 0 Å². The molecule has 0 fully saturated rings. The number of aliphatic carboxylic acids is 1. The van der Waals surface area contributed by atoms with Crippen LogP contribution in [0.3, 0.4) is 0 Å². The molecule has 202 valence electrons. The molecule has 3 amide bonds. The third-order valence-corrected chi connectivity index (χ3v) is 6.42. The second kappa shape index (κ2) is 15.0. The summed E-state index contributed by atoms with van der Waals surface area (Å²) < 4.78 is 0. The van der Waals surface area contributed by atoms with Crippen LogP contribution in [0.1, 0.15) is 31.5 Å². The van der Waals surface area contributed by atoms with Crippen LogP contribution in [0.15, 0.2) is 42.9 Å². The van der Waals surface area contributed by atoms with E-state index in [9.17, 15) is 24.3 Å². The van der Waals surface area contributed by atoms with E-state index in [0.29, 0.717) is 17.9 Å². The van der Waals surface area contributed by atoms with E-state index in [2.05, 4.69) is 25.9 Å². The molecule has 0 aliphatic carbocycles. The molecule has 12 heteroatoms. The van der Waals surface area contributed by atoms with E-state index < -0.39 is 47.9 Å². The Balaban J connectivity index is 2.22. The number of carbonyl (C=O) groups excluding carboxylic acids is 3. The minimum absolute atomic E-state index is 0.00737. The number of benzene rings is 1. The first-order chi connectivity index (χ1) is 17.6. The topological polar surface area (TPSA) is 179 Å². The lowest BCUT2D eigenvalue weighted by molar-refractivity contribution is -0.142. The molecule has 1 heterocycles. The third kappa shape index (κ3) is 9.89. The molecule has 4 unspecified atom stereocenters. The van der Waals surface area contributed by atoms with Crippen molar-refractivity contribution in [1.82, 2.24) is 25.9 Å². The molecular weight excluding hydrogens is 496 g/mol. The van der Waals surface area contributed by atoms with Gasteiger partial charge in [0.15, 0.2) is 0 Å². The highest BCUT2D eigenvalue weighted by molar-refractivity contribution is 7.98. The standard InChI is InChI=1S/C25H36N6O5S/c1-15(2)21(26)24(34)29-18(9-10-37-3)22(32)30-19(11-16-7-5-4-6-8-16)23(33)31-20(25(35)36)12-17-13-27-14-28-17/h4-8,13-15,18-21H,9-12,26H2,1-3H3,(H,27,28)(H,29,34)(H,30,32)(H,31,33)(H,35,36). The second-order valence-corrected chi connectivity index (χ2v) is 10.0. The zero-order valence-electron chi connectivity index (χ0n) is 21.3. The van der Waals surface area contributed by atoms with Crippen molar-refractivity contribution in [2.45, 2.75) is 57.3 Å². The quantitative estimate of drug-likeness (QED) is 0.191. The van der Waals surface area contributed by atoms with Gasteiger partial charge in [0.1, 0.15) is 18.1 Å². The molecule has 0 spiro atoms. The Bertz CT molecular complexity index is 1020. The van der Waals surface area contributed by atoms with Gasteiger partial charge in [0.2, 0.25) is 17.7 Å². The number of nitrogens with zero attached hydrogens (tertiary/aromatic N) is 1. The summed E-state index contributed by atoms with van der Waals surface area (Å²) in [5.41, 5.74) is 7.26. The number of amides is 3. The second-order valence-electron chi connectivity index (χ2n) is 9.04. The molecule has 0 radical (unpaired) electrons. The van der Waals surface area contributed by atoms with Crippen molar-refractivity contribution in [2.75, 3.05) is 12.0 Å². The van der Waals surface area contributed by atoms with Gasteiger partial charge in [0, 0.05) is 24.7 Å². The van der Waals surface area contributed by atoms with E-state index in [1.807, 2.05) is 26.2 Å². The number of rotatable bonds is 15. The number of imidazole rings is 1. The SMILES string of the molecule is CSCCC(NC(=O)C(N)C(C)C)C(=O)NC(Cc1ccccc1)C(=O)NC(Cc1cnc[nH]1)C(=O)O. The number of carbonyl (C=O) groups is 4. The molecule has 4 atom stereocenters. The molecule has 0 aliphatic heterocycles. The maximum absolute atomic E-state index is 13.3. The average Bonchev–Trinajstić information content (AvgIpc) is 3.38. The predicted octanol–water partition coefficient (Wildman–Crippen LogP) is 0.470. The fourth-order valence-electron chi connectivity index (χ4n) is 3.50. The number of aromatic nitrogens is 2. The lowest BCUT2D eigenvalue weighted by Gasteiger charge is -2.26. The number of thioether (sulfide) groups is 1. The number of hydrogen-bond acceptors (Lipinski definition) is 7. The van der Waals surface area contributed by atoms with Gasteiger partial charge in [0.25, 0.3) is 0 Å². The summed E-state index contributed by atoms with van der Waals surface area (Å²) in [5, 5.41) is 17.6. The minimum atomic E-state index is -1.24. The Morgan fingerprint density at radius 1 is 0.973 bits per heavy atom. The molecule has 1 aromatic heterocycles. The van der Waals surface area contributed by atoms with Crippen molar-refractivity contribution in [3.05, 3.63) is 54.1 Å². The van der Waals surface area contributed by atoms with Gasteiger partial charge < -0.3 is 31.8 Å². The van der Waals surface area contributed by atoms with Gasteiger partial charge in [-0.05, 0) is 29.9 Å². The number of aromatic amines is 1. The van der Waals surface area contributed by atoms with Crippen molar-refractivity contribution >= 4 is 35.5 Å². The summed E-state index contributed by atoms with van der Waals surface area (Å²) in [7, 11) is 0. The largest absolute Gasteiger partial charge is 0.480 e. The van der Waals surface area contributed by atoms with Gasteiger partial charge >= 0.3 is 5.97 Å². The Labute approximate surface area is 220 Å².